The fourth-order valence-corrected chi connectivity index (χ4v) is 3.26. The number of rotatable bonds is 9. The summed E-state index contributed by atoms with van der Waals surface area (Å²) in [5.41, 5.74) is 8.52. The molecule has 0 fully saturated rings. The molecule has 3 rings (SSSR count). The third-order valence-electron chi connectivity index (χ3n) is 4.73. The number of benzene rings is 2. The van der Waals surface area contributed by atoms with Crippen molar-refractivity contribution in [1.29, 1.82) is 0 Å². The van der Waals surface area contributed by atoms with Crippen molar-refractivity contribution in [3.63, 3.8) is 0 Å². The van der Waals surface area contributed by atoms with Gasteiger partial charge in [0, 0.05) is 17.5 Å². The number of hydrogen-bond acceptors (Lipinski definition) is 7. The minimum atomic E-state index is -0.370. The number of primary amides is 1. The van der Waals surface area contributed by atoms with E-state index in [1.54, 1.807) is 46.8 Å². The summed E-state index contributed by atoms with van der Waals surface area (Å²) in [6, 6.07) is 9.28. The second kappa shape index (κ2) is 9.21. The average molecular weight is 412 g/mol. The molecular weight excluding hydrogens is 388 g/mol. The molecule has 2 aromatic carbocycles. The van der Waals surface area contributed by atoms with Gasteiger partial charge < -0.3 is 29.2 Å². The Balaban J connectivity index is 2.08. The number of nitrogens with two attached hydrogens (primary N) is 1. The third kappa shape index (κ3) is 4.17. The molecule has 2 N–H and O–H groups in total. The highest BCUT2D eigenvalue weighted by atomic mass is 16.5. The van der Waals surface area contributed by atoms with Crippen molar-refractivity contribution in [1.82, 2.24) is 5.16 Å². The van der Waals surface area contributed by atoms with E-state index in [2.05, 4.69) is 5.16 Å². The van der Waals surface area contributed by atoms with Crippen LogP contribution in [-0.2, 0) is 11.2 Å². The zero-order chi connectivity index (χ0) is 21.7. The number of nitrogens with zero attached hydrogens (tertiary/aromatic N) is 1. The number of amides is 1. The summed E-state index contributed by atoms with van der Waals surface area (Å²) in [6.07, 6.45) is 2.33. The average Bonchev–Trinajstić information content (AvgIpc) is 3.26. The Morgan fingerprint density at radius 3 is 2.17 bits per heavy atom. The van der Waals surface area contributed by atoms with E-state index in [4.69, 9.17) is 29.2 Å². The molecule has 1 amide bonds. The molecule has 0 aliphatic heterocycles. The molecule has 3 aromatic rings. The predicted molar refractivity (Wildman–Crippen MR) is 111 cm³/mol. The van der Waals surface area contributed by atoms with Crippen LogP contribution in [0.25, 0.3) is 22.5 Å². The number of carbonyl (C=O) groups is 1. The molecule has 30 heavy (non-hydrogen) atoms. The van der Waals surface area contributed by atoms with Crippen molar-refractivity contribution >= 4 is 5.91 Å². The van der Waals surface area contributed by atoms with Crippen molar-refractivity contribution in [2.24, 2.45) is 5.73 Å². The quantitative estimate of drug-likeness (QED) is 0.574. The lowest BCUT2D eigenvalue weighted by molar-refractivity contribution is -0.117. The van der Waals surface area contributed by atoms with Gasteiger partial charge in [-0.3, -0.25) is 4.79 Å². The van der Waals surface area contributed by atoms with E-state index in [0.717, 1.165) is 16.7 Å². The van der Waals surface area contributed by atoms with Gasteiger partial charge in [0.1, 0.15) is 5.75 Å². The molecule has 0 saturated carbocycles. The molecule has 8 heteroatoms. The van der Waals surface area contributed by atoms with Crippen molar-refractivity contribution < 1.29 is 28.3 Å². The number of methoxy groups -OCH3 is 4. The lowest BCUT2D eigenvalue weighted by Gasteiger charge is -2.14. The van der Waals surface area contributed by atoms with Gasteiger partial charge in [-0.2, -0.15) is 0 Å². The van der Waals surface area contributed by atoms with Gasteiger partial charge >= 0.3 is 0 Å². The largest absolute Gasteiger partial charge is 0.496 e. The molecule has 0 aliphatic rings. The lowest BCUT2D eigenvalue weighted by atomic mass is 9.98. The van der Waals surface area contributed by atoms with Gasteiger partial charge in [-0.05, 0) is 41.8 Å². The SMILES string of the molecule is COc1ccc(-c2cnoc2-c2cc(OC)c(OC)c(OC)c2)cc1CCC(N)=O. The van der Waals surface area contributed by atoms with E-state index in [1.807, 2.05) is 18.2 Å². The molecule has 0 spiro atoms. The molecule has 0 bridgehead atoms. The highest BCUT2D eigenvalue weighted by molar-refractivity contribution is 5.82. The van der Waals surface area contributed by atoms with Crippen LogP contribution in [0.1, 0.15) is 12.0 Å². The second-order valence-corrected chi connectivity index (χ2v) is 6.48. The van der Waals surface area contributed by atoms with Crippen LogP contribution < -0.4 is 24.7 Å². The van der Waals surface area contributed by atoms with Gasteiger partial charge in [0.25, 0.3) is 0 Å². The van der Waals surface area contributed by atoms with Gasteiger partial charge in [0.2, 0.25) is 11.7 Å². The maximum absolute atomic E-state index is 11.2. The Bertz CT molecular complexity index is 1020. The minimum absolute atomic E-state index is 0.225. The van der Waals surface area contributed by atoms with Crippen LogP contribution in [-0.4, -0.2) is 39.5 Å². The van der Waals surface area contributed by atoms with E-state index in [9.17, 15) is 4.79 Å². The van der Waals surface area contributed by atoms with Gasteiger partial charge in [0.15, 0.2) is 17.3 Å². The van der Waals surface area contributed by atoms with Gasteiger partial charge in [0.05, 0.1) is 34.6 Å². The Morgan fingerprint density at radius 1 is 0.933 bits per heavy atom. The molecule has 8 nitrogen and oxygen atoms in total. The van der Waals surface area contributed by atoms with Crippen LogP contribution in [0.15, 0.2) is 41.1 Å². The van der Waals surface area contributed by atoms with Crippen LogP contribution in [0.5, 0.6) is 23.0 Å². The summed E-state index contributed by atoms with van der Waals surface area (Å²) in [7, 11) is 6.24. The van der Waals surface area contributed by atoms with Crippen molar-refractivity contribution in [2.75, 3.05) is 28.4 Å². The maximum Gasteiger partial charge on any atom is 0.217 e. The van der Waals surface area contributed by atoms with Gasteiger partial charge in [-0.15, -0.1) is 0 Å². The molecule has 0 unspecified atom stereocenters. The van der Waals surface area contributed by atoms with E-state index in [-0.39, 0.29) is 12.3 Å². The summed E-state index contributed by atoms with van der Waals surface area (Å²) in [6.45, 7) is 0. The summed E-state index contributed by atoms with van der Waals surface area (Å²) >= 11 is 0. The fraction of sp³-hybridized carbons (Fsp3) is 0.273. The molecule has 158 valence electrons. The van der Waals surface area contributed by atoms with E-state index < -0.39 is 0 Å². The Hall–Kier alpha value is -3.68. The summed E-state index contributed by atoms with van der Waals surface area (Å²) in [5, 5.41) is 3.98. The van der Waals surface area contributed by atoms with Crippen LogP contribution in [0.3, 0.4) is 0 Å². The van der Waals surface area contributed by atoms with Gasteiger partial charge in [-0.25, -0.2) is 0 Å². The number of aromatic nitrogens is 1. The first-order chi connectivity index (χ1) is 14.5. The minimum Gasteiger partial charge on any atom is -0.496 e. The smallest absolute Gasteiger partial charge is 0.217 e. The van der Waals surface area contributed by atoms with Crippen LogP contribution in [0.2, 0.25) is 0 Å². The Labute approximate surface area is 174 Å². The number of carbonyl (C=O) groups excluding carboxylic acids is 1. The molecule has 0 saturated heterocycles. The first-order valence-electron chi connectivity index (χ1n) is 9.23. The molecule has 1 heterocycles. The fourth-order valence-electron chi connectivity index (χ4n) is 3.26. The highest BCUT2D eigenvalue weighted by Crippen LogP contribution is 2.43. The Kier molecular flexibility index (Phi) is 6.46. The van der Waals surface area contributed by atoms with E-state index >= 15 is 0 Å². The van der Waals surface area contributed by atoms with Gasteiger partial charge in [-0.1, -0.05) is 11.2 Å². The molecular formula is C22H24N2O6. The zero-order valence-electron chi connectivity index (χ0n) is 17.4. The van der Waals surface area contributed by atoms with Crippen molar-refractivity contribution in [3.05, 3.63) is 42.1 Å². The zero-order valence-corrected chi connectivity index (χ0v) is 17.4. The molecule has 0 aliphatic carbocycles. The summed E-state index contributed by atoms with van der Waals surface area (Å²) in [4.78, 5) is 11.2. The Morgan fingerprint density at radius 2 is 1.60 bits per heavy atom. The van der Waals surface area contributed by atoms with E-state index in [1.165, 1.54) is 0 Å². The second-order valence-electron chi connectivity index (χ2n) is 6.48. The summed E-state index contributed by atoms with van der Waals surface area (Å²) in [5.74, 6) is 2.36. The van der Waals surface area contributed by atoms with E-state index in [0.29, 0.717) is 40.7 Å². The molecule has 0 atom stereocenters. The third-order valence-corrected chi connectivity index (χ3v) is 4.73. The lowest BCUT2D eigenvalue weighted by Crippen LogP contribution is -2.11. The normalized spacial score (nSPS) is 10.5. The number of aryl methyl sites for hydroxylation is 1. The standard InChI is InChI=1S/C22H24N2O6/c1-26-17-7-5-13(9-14(17)6-8-20(23)25)16-12-24-30-21(16)15-10-18(27-2)22(29-4)19(11-15)28-3/h5,7,9-12H,6,8H2,1-4H3,(H2,23,25). The topological polar surface area (TPSA) is 106 Å². The first kappa shape index (κ1) is 21.0. The predicted octanol–water partition coefficient (Wildman–Crippen LogP) is 3.46. The first-order valence-corrected chi connectivity index (χ1v) is 9.23. The van der Waals surface area contributed by atoms with Crippen molar-refractivity contribution in [3.8, 4) is 45.4 Å². The van der Waals surface area contributed by atoms with Crippen LogP contribution in [0.4, 0.5) is 0 Å². The van der Waals surface area contributed by atoms with Crippen LogP contribution >= 0.6 is 0 Å². The van der Waals surface area contributed by atoms with Crippen LogP contribution in [0, 0.1) is 0 Å². The maximum atomic E-state index is 11.2. The highest BCUT2D eigenvalue weighted by Gasteiger charge is 2.20. The summed E-state index contributed by atoms with van der Waals surface area (Å²) < 4.78 is 27.2. The molecule has 0 radical (unpaired) electrons. The molecule has 1 aromatic heterocycles. The monoisotopic (exact) mass is 412 g/mol. The number of ether oxygens (including phenoxy) is 4. The van der Waals surface area contributed by atoms with Crippen molar-refractivity contribution in [2.45, 2.75) is 12.8 Å². The number of hydrogen-bond donors (Lipinski definition) is 1.